The van der Waals surface area contributed by atoms with Crippen LogP contribution in [0.25, 0.3) is 0 Å². The van der Waals surface area contributed by atoms with Gasteiger partial charge in [-0.1, -0.05) is 13.8 Å². The summed E-state index contributed by atoms with van der Waals surface area (Å²) in [4.78, 5) is 0. The van der Waals surface area contributed by atoms with E-state index in [2.05, 4.69) is 46.6 Å². The van der Waals surface area contributed by atoms with E-state index in [4.69, 9.17) is 4.74 Å². The zero-order chi connectivity index (χ0) is 11.6. The summed E-state index contributed by atoms with van der Waals surface area (Å²) in [6.07, 6.45) is 0.208. The molecule has 0 saturated heterocycles. The highest BCUT2D eigenvalue weighted by molar-refractivity contribution is 5.15. The second-order valence-corrected chi connectivity index (χ2v) is 4.73. The molecule has 0 aliphatic rings. The molecule has 0 amide bonds. The van der Waals surface area contributed by atoms with Gasteiger partial charge in [-0.2, -0.15) is 0 Å². The fourth-order valence-electron chi connectivity index (χ4n) is 1.37. The van der Waals surface area contributed by atoms with Crippen molar-refractivity contribution in [3.63, 3.8) is 0 Å². The van der Waals surface area contributed by atoms with E-state index in [-0.39, 0.29) is 6.10 Å². The normalized spacial score (nSPS) is 13.6. The molecule has 1 atom stereocenters. The zero-order valence-corrected chi connectivity index (χ0v) is 10.6. The van der Waals surface area contributed by atoms with E-state index in [0.717, 1.165) is 11.6 Å². The lowest BCUT2D eigenvalue weighted by Gasteiger charge is -2.15. The summed E-state index contributed by atoms with van der Waals surface area (Å²) in [5.74, 6) is 1.25. The lowest BCUT2D eigenvalue weighted by Crippen LogP contribution is -2.19. The molecule has 0 fully saturated rings. The van der Waals surface area contributed by atoms with Gasteiger partial charge in [0.1, 0.15) is 0 Å². The van der Waals surface area contributed by atoms with Crippen LogP contribution in [0.4, 0.5) is 0 Å². The van der Waals surface area contributed by atoms with Crippen molar-refractivity contribution in [1.29, 1.82) is 0 Å². The van der Waals surface area contributed by atoms with Crippen molar-refractivity contribution < 1.29 is 4.74 Å². The molecule has 0 radical (unpaired) electrons. The number of hydrogen-bond acceptors (Lipinski definition) is 2. The molecule has 1 aromatic rings. The van der Waals surface area contributed by atoms with E-state index in [1.165, 1.54) is 0 Å². The van der Waals surface area contributed by atoms with Crippen LogP contribution in [-0.4, -0.2) is 15.9 Å². The van der Waals surface area contributed by atoms with E-state index >= 15 is 0 Å². The third kappa shape index (κ3) is 2.98. The van der Waals surface area contributed by atoms with Crippen LogP contribution in [0.15, 0.2) is 6.07 Å². The van der Waals surface area contributed by atoms with E-state index < -0.39 is 0 Å². The van der Waals surface area contributed by atoms with Crippen LogP contribution in [-0.2, 0) is 0 Å². The molecule has 86 valence electrons. The maximum Gasteiger partial charge on any atom is 0.233 e. The second-order valence-electron chi connectivity index (χ2n) is 4.73. The van der Waals surface area contributed by atoms with E-state index in [1.807, 2.05) is 10.7 Å². The minimum Gasteiger partial charge on any atom is -0.473 e. The Morgan fingerprint density at radius 1 is 1.20 bits per heavy atom. The molecule has 3 heteroatoms. The summed E-state index contributed by atoms with van der Waals surface area (Å²) < 4.78 is 7.74. The molecule has 0 aromatic carbocycles. The Bertz CT molecular complexity index is 315. The molecule has 1 heterocycles. The van der Waals surface area contributed by atoms with Gasteiger partial charge in [0.25, 0.3) is 0 Å². The van der Waals surface area contributed by atoms with Crippen LogP contribution in [0.5, 0.6) is 5.88 Å². The van der Waals surface area contributed by atoms with Crippen LogP contribution in [0, 0.1) is 12.8 Å². The molecule has 0 bridgehead atoms. The molecule has 0 aliphatic heterocycles. The highest BCUT2D eigenvalue weighted by Crippen LogP contribution is 2.18. The van der Waals surface area contributed by atoms with Gasteiger partial charge >= 0.3 is 0 Å². The summed E-state index contributed by atoms with van der Waals surface area (Å²) in [5, 5.41) is 4.43. The highest BCUT2D eigenvalue weighted by atomic mass is 16.5. The Morgan fingerprint density at radius 3 is 2.20 bits per heavy atom. The van der Waals surface area contributed by atoms with Gasteiger partial charge in [-0.25, -0.2) is 0 Å². The van der Waals surface area contributed by atoms with Crippen LogP contribution in [0.1, 0.15) is 46.4 Å². The fraction of sp³-hybridized carbons (Fsp3) is 0.750. The predicted molar refractivity (Wildman–Crippen MR) is 62.3 cm³/mol. The van der Waals surface area contributed by atoms with Crippen molar-refractivity contribution in [3.8, 4) is 5.88 Å². The molecular formula is C12H22N2O. The summed E-state index contributed by atoms with van der Waals surface area (Å²) >= 11 is 0. The van der Waals surface area contributed by atoms with Gasteiger partial charge in [0.05, 0.1) is 6.10 Å². The average molecular weight is 210 g/mol. The Labute approximate surface area is 92.4 Å². The first-order valence-electron chi connectivity index (χ1n) is 5.64. The van der Waals surface area contributed by atoms with Gasteiger partial charge < -0.3 is 4.74 Å². The molecular weight excluding hydrogens is 188 g/mol. The predicted octanol–water partition coefficient (Wildman–Crippen LogP) is 3.20. The standard InChI is InChI=1S/C12H22N2O/c1-8(2)11(6)15-12-7-10(5)14(13-12)9(3)4/h7-9,11H,1-6H3. The maximum atomic E-state index is 5.76. The largest absolute Gasteiger partial charge is 0.473 e. The number of rotatable bonds is 4. The van der Waals surface area contributed by atoms with Crippen molar-refractivity contribution in [2.24, 2.45) is 5.92 Å². The lowest BCUT2D eigenvalue weighted by molar-refractivity contribution is 0.161. The Balaban J connectivity index is 2.75. The van der Waals surface area contributed by atoms with Crippen molar-refractivity contribution >= 4 is 0 Å². The summed E-state index contributed by atoms with van der Waals surface area (Å²) in [6, 6.07) is 2.38. The first kappa shape index (κ1) is 12.1. The molecule has 0 aliphatic carbocycles. The van der Waals surface area contributed by atoms with E-state index in [1.54, 1.807) is 0 Å². The molecule has 1 unspecified atom stereocenters. The zero-order valence-electron chi connectivity index (χ0n) is 10.6. The van der Waals surface area contributed by atoms with Gasteiger partial charge in [0.2, 0.25) is 5.88 Å². The van der Waals surface area contributed by atoms with Crippen LogP contribution >= 0.6 is 0 Å². The third-order valence-electron chi connectivity index (χ3n) is 2.63. The Morgan fingerprint density at radius 2 is 1.80 bits per heavy atom. The highest BCUT2D eigenvalue weighted by Gasteiger charge is 2.13. The Hall–Kier alpha value is -0.990. The number of hydrogen-bond donors (Lipinski definition) is 0. The molecule has 1 aromatic heterocycles. The van der Waals surface area contributed by atoms with Gasteiger partial charge in [-0.3, -0.25) is 4.68 Å². The number of aryl methyl sites for hydroxylation is 1. The first-order valence-corrected chi connectivity index (χ1v) is 5.64. The summed E-state index contributed by atoms with van der Waals surface area (Å²) in [5.41, 5.74) is 1.15. The van der Waals surface area contributed by atoms with Gasteiger partial charge in [-0.15, -0.1) is 5.10 Å². The minimum atomic E-state index is 0.208. The van der Waals surface area contributed by atoms with E-state index in [9.17, 15) is 0 Å². The van der Waals surface area contributed by atoms with Crippen LogP contribution in [0.2, 0.25) is 0 Å². The molecule has 15 heavy (non-hydrogen) atoms. The summed E-state index contributed by atoms with van der Waals surface area (Å²) in [6.45, 7) is 12.7. The van der Waals surface area contributed by atoms with E-state index in [0.29, 0.717) is 12.0 Å². The maximum absolute atomic E-state index is 5.76. The van der Waals surface area contributed by atoms with Gasteiger partial charge in [0, 0.05) is 17.8 Å². The number of nitrogens with zero attached hydrogens (tertiary/aromatic N) is 2. The van der Waals surface area contributed by atoms with Crippen LogP contribution in [0.3, 0.4) is 0 Å². The lowest BCUT2D eigenvalue weighted by atomic mass is 10.1. The minimum absolute atomic E-state index is 0.208. The topological polar surface area (TPSA) is 27.1 Å². The van der Waals surface area contributed by atoms with Crippen molar-refractivity contribution in [2.75, 3.05) is 0 Å². The fourth-order valence-corrected chi connectivity index (χ4v) is 1.37. The monoisotopic (exact) mass is 210 g/mol. The number of aromatic nitrogens is 2. The molecule has 0 N–H and O–H groups in total. The smallest absolute Gasteiger partial charge is 0.233 e. The molecule has 1 rings (SSSR count). The molecule has 0 saturated carbocycles. The quantitative estimate of drug-likeness (QED) is 0.763. The Kier molecular flexibility index (Phi) is 3.77. The number of ether oxygens (including phenoxy) is 1. The average Bonchev–Trinajstić information content (AvgIpc) is 2.46. The summed E-state index contributed by atoms with van der Waals surface area (Å²) in [7, 11) is 0. The van der Waals surface area contributed by atoms with Crippen molar-refractivity contribution in [3.05, 3.63) is 11.8 Å². The van der Waals surface area contributed by atoms with Gasteiger partial charge in [-0.05, 0) is 33.6 Å². The third-order valence-corrected chi connectivity index (χ3v) is 2.63. The van der Waals surface area contributed by atoms with Crippen LogP contribution < -0.4 is 4.74 Å². The first-order chi connectivity index (χ1) is 6.91. The van der Waals surface area contributed by atoms with Crippen molar-refractivity contribution in [2.45, 2.75) is 53.7 Å². The van der Waals surface area contributed by atoms with Crippen molar-refractivity contribution in [1.82, 2.24) is 9.78 Å². The molecule has 0 spiro atoms. The molecule has 3 nitrogen and oxygen atoms in total. The second kappa shape index (κ2) is 4.69. The SMILES string of the molecule is Cc1cc(OC(C)C(C)C)nn1C(C)C. The van der Waals surface area contributed by atoms with Gasteiger partial charge in [0.15, 0.2) is 0 Å².